The summed E-state index contributed by atoms with van der Waals surface area (Å²) in [5.41, 5.74) is 2.05. The van der Waals surface area contributed by atoms with Crippen LogP contribution in [0, 0.1) is 0 Å². The lowest BCUT2D eigenvalue weighted by atomic mass is 10.1. The molecule has 7 heteroatoms. The van der Waals surface area contributed by atoms with Crippen molar-refractivity contribution in [1.82, 2.24) is 9.55 Å². The van der Waals surface area contributed by atoms with Gasteiger partial charge in [-0.1, -0.05) is 31.2 Å². The zero-order chi connectivity index (χ0) is 18.0. The molecule has 0 amide bonds. The fourth-order valence-electron chi connectivity index (χ4n) is 2.80. The Bertz CT molecular complexity index is 1040. The van der Waals surface area contributed by atoms with Crippen LogP contribution in [0.1, 0.15) is 29.5 Å². The molecular weight excluding hydrogens is 338 g/mol. The van der Waals surface area contributed by atoms with Crippen molar-refractivity contribution < 1.29 is 13.2 Å². The van der Waals surface area contributed by atoms with Gasteiger partial charge in [0.1, 0.15) is 5.82 Å². The molecule has 0 aliphatic heterocycles. The van der Waals surface area contributed by atoms with E-state index in [9.17, 15) is 13.2 Å². The summed E-state index contributed by atoms with van der Waals surface area (Å²) >= 11 is 0. The normalized spacial score (nSPS) is 11.8. The van der Waals surface area contributed by atoms with Crippen LogP contribution >= 0.6 is 0 Å². The van der Waals surface area contributed by atoms with Crippen molar-refractivity contribution in [3.63, 3.8) is 0 Å². The van der Waals surface area contributed by atoms with Gasteiger partial charge in [-0.05, 0) is 30.7 Å². The number of carbonyl (C=O) groups is 1. The number of primary sulfonamides is 1. The van der Waals surface area contributed by atoms with Gasteiger partial charge in [-0.3, -0.25) is 4.79 Å². The standard InChI is InChI=1S/C18H19N3O3S/c1-2-6-18-20-15-9-3-4-10-16(15)21(18)12-17(22)13-7-5-8-14(11-13)25(19,23)24/h3-5,7-11H,2,6,12H2,1H3,(H2,19,23,24). The van der Waals surface area contributed by atoms with Gasteiger partial charge in [-0.15, -0.1) is 0 Å². The van der Waals surface area contributed by atoms with E-state index >= 15 is 0 Å². The van der Waals surface area contributed by atoms with Crippen molar-refractivity contribution >= 4 is 26.8 Å². The van der Waals surface area contributed by atoms with Crippen LogP contribution in [0.4, 0.5) is 0 Å². The van der Waals surface area contributed by atoms with Gasteiger partial charge in [0.15, 0.2) is 5.78 Å². The molecule has 0 saturated carbocycles. The van der Waals surface area contributed by atoms with Crippen molar-refractivity contribution in [2.24, 2.45) is 5.14 Å². The second-order valence-corrected chi connectivity index (χ2v) is 7.41. The predicted octanol–water partition coefficient (Wildman–Crippen LogP) is 2.52. The topological polar surface area (TPSA) is 95.0 Å². The maximum atomic E-state index is 12.7. The third kappa shape index (κ3) is 3.62. The van der Waals surface area contributed by atoms with Crippen molar-refractivity contribution in [2.75, 3.05) is 0 Å². The molecule has 0 radical (unpaired) electrons. The number of nitrogens with zero attached hydrogens (tertiary/aromatic N) is 2. The molecule has 130 valence electrons. The second-order valence-electron chi connectivity index (χ2n) is 5.85. The first-order valence-electron chi connectivity index (χ1n) is 8.00. The van der Waals surface area contributed by atoms with Crippen molar-refractivity contribution in [3.05, 3.63) is 59.9 Å². The number of hydrogen-bond donors (Lipinski definition) is 1. The van der Waals surface area contributed by atoms with Gasteiger partial charge in [-0.2, -0.15) is 0 Å². The number of rotatable bonds is 6. The van der Waals surface area contributed by atoms with Crippen molar-refractivity contribution in [2.45, 2.75) is 31.2 Å². The minimum absolute atomic E-state index is 0.0670. The molecule has 1 aromatic heterocycles. The largest absolute Gasteiger partial charge is 0.320 e. The Hall–Kier alpha value is -2.51. The van der Waals surface area contributed by atoms with E-state index in [2.05, 4.69) is 11.9 Å². The number of para-hydroxylation sites is 2. The van der Waals surface area contributed by atoms with Crippen LogP contribution < -0.4 is 5.14 Å². The Morgan fingerprint density at radius 2 is 1.92 bits per heavy atom. The number of Topliss-reactive ketones (excluding diaryl/α,β-unsaturated/α-hetero) is 1. The molecule has 0 fully saturated rings. The third-order valence-corrected chi connectivity index (χ3v) is 4.90. The molecule has 0 atom stereocenters. The number of carbonyl (C=O) groups excluding carboxylic acids is 1. The van der Waals surface area contributed by atoms with E-state index < -0.39 is 10.0 Å². The van der Waals surface area contributed by atoms with E-state index in [1.165, 1.54) is 18.2 Å². The first kappa shape index (κ1) is 17.3. The average molecular weight is 357 g/mol. The molecule has 1 heterocycles. The van der Waals surface area contributed by atoms with Gasteiger partial charge in [-0.25, -0.2) is 18.5 Å². The van der Waals surface area contributed by atoms with Crippen LogP contribution in [0.5, 0.6) is 0 Å². The SMILES string of the molecule is CCCc1nc2ccccc2n1CC(=O)c1cccc(S(N)(=O)=O)c1. The minimum atomic E-state index is -3.84. The summed E-state index contributed by atoms with van der Waals surface area (Å²) in [6.45, 7) is 2.16. The monoisotopic (exact) mass is 357 g/mol. The van der Waals surface area contributed by atoms with Gasteiger partial charge in [0.25, 0.3) is 0 Å². The van der Waals surface area contributed by atoms with E-state index in [1.807, 2.05) is 28.8 Å². The van der Waals surface area contributed by atoms with Gasteiger partial charge in [0, 0.05) is 12.0 Å². The fraction of sp³-hybridized carbons (Fsp3) is 0.222. The van der Waals surface area contributed by atoms with Gasteiger partial charge >= 0.3 is 0 Å². The van der Waals surface area contributed by atoms with E-state index in [0.29, 0.717) is 5.56 Å². The summed E-state index contributed by atoms with van der Waals surface area (Å²) in [6.07, 6.45) is 1.68. The number of fused-ring (bicyclic) bond motifs is 1. The number of aryl methyl sites for hydroxylation is 1. The Kier molecular flexibility index (Phi) is 4.69. The molecule has 2 N–H and O–H groups in total. The molecule has 0 saturated heterocycles. The van der Waals surface area contributed by atoms with Crippen LogP contribution in [-0.2, 0) is 23.0 Å². The van der Waals surface area contributed by atoms with Crippen molar-refractivity contribution in [3.8, 4) is 0 Å². The molecule has 0 bridgehead atoms. The number of imidazole rings is 1. The van der Waals surface area contributed by atoms with E-state index in [4.69, 9.17) is 5.14 Å². The molecule has 0 spiro atoms. The lowest BCUT2D eigenvalue weighted by Crippen LogP contribution is -2.15. The molecule has 0 aliphatic rings. The minimum Gasteiger partial charge on any atom is -0.320 e. The van der Waals surface area contributed by atoms with Gasteiger partial charge < -0.3 is 4.57 Å². The van der Waals surface area contributed by atoms with Crippen LogP contribution in [0.2, 0.25) is 0 Å². The summed E-state index contributed by atoms with van der Waals surface area (Å²) in [5, 5.41) is 5.15. The summed E-state index contributed by atoms with van der Waals surface area (Å²) in [4.78, 5) is 17.2. The van der Waals surface area contributed by atoms with Crippen LogP contribution in [0.15, 0.2) is 53.4 Å². The highest BCUT2D eigenvalue weighted by Crippen LogP contribution is 2.19. The molecule has 3 aromatic rings. The zero-order valence-electron chi connectivity index (χ0n) is 13.8. The Morgan fingerprint density at radius 1 is 1.16 bits per heavy atom. The molecule has 25 heavy (non-hydrogen) atoms. The number of nitrogens with two attached hydrogens (primary N) is 1. The van der Waals surface area contributed by atoms with Crippen LogP contribution in [0.3, 0.4) is 0 Å². The molecule has 0 unspecified atom stereocenters. The zero-order valence-corrected chi connectivity index (χ0v) is 14.7. The maximum absolute atomic E-state index is 12.7. The molecule has 0 aliphatic carbocycles. The molecule has 6 nitrogen and oxygen atoms in total. The Balaban J connectivity index is 1.99. The maximum Gasteiger partial charge on any atom is 0.238 e. The molecule has 2 aromatic carbocycles. The highest BCUT2D eigenvalue weighted by molar-refractivity contribution is 7.89. The van der Waals surface area contributed by atoms with Crippen LogP contribution in [0.25, 0.3) is 11.0 Å². The predicted molar refractivity (Wildman–Crippen MR) is 95.9 cm³/mol. The lowest BCUT2D eigenvalue weighted by Gasteiger charge is -2.09. The summed E-state index contributed by atoms with van der Waals surface area (Å²) < 4.78 is 24.9. The van der Waals surface area contributed by atoms with Crippen molar-refractivity contribution in [1.29, 1.82) is 0 Å². The molecular formula is C18H19N3O3S. The summed E-state index contributed by atoms with van der Waals surface area (Å²) in [7, 11) is -3.84. The Morgan fingerprint density at radius 3 is 2.64 bits per heavy atom. The third-order valence-electron chi connectivity index (χ3n) is 3.99. The number of sulfonamides is 1. The summed E-state index contributed by atoms with van der Waals surface area (Å²) in [5.74, 6) is 0.658. The van der Waals surface area contributed by atoms with Gasteiger partial charge in [0.2, 0.25) is 10.0 Å². The first-order chi connectivity index (χ1) is 11.9. The molecule has 3 rings (SSSR count). The van der Waals surface area contributed by atoms with Crippen LogP contribution in [-0.4, -0.2) is 23.8 Å². The number of aromatic nitrogens is 2. The number of hydrogen-bond acceptors (Lipinski definition) is 4. The highest BCUT2D eigenvalue weighted by atomic mass is 32.2. The second kappa shape index (κ2) is 6.78. The average Bonchev–Trinajstić information content (AvgIpc) is 2.92. The lowest BCUT2D eigenvalue weighted by molar-refractivity contribution is 0.0972. The van der Waals surface area contributed by atoms with E-state index in [1.54, 1.807) is 6.07 Å². The summed E-state index contributed by atoms with van der Waals surface area (Å²) in [6, 6.07) is 13.5. The fourth-order valence-corrected chi connectivity index (χ4v) is 3.36. The number of benzene rings is 2. The van der Waals surface area contributed by atoms with E-state index in [-0.39, 0.29) is 17.2 Å². The quantitative estimate of drug-likeness (QED) is 0.686. The highest BCUT2D eigenvalue weighted by Gasteiger charge is 2.16. The smallest absolute Gasteiger partial charge is 0.238 e. The number of ketones is 1. The first-order valence-corrected chi connectivity index (χ1v) is 9.55. The Labute approximate surface area is 146 Å². The van der Waals surface area contributed by atoms with E-state index in [0.717, 1.165) is 29.7 Å². The van der Waals surface area contributed by atoms with Gasteiger partial charge in [0.05, 0.1) is 22.5 Å².